The van der Waals surface area contributed by atoms with Gasteiger partial charge in [0.05, 0.1) is 5.75 Å². The maximum absolute atomic E-state index is 11.6. The van der Waals surface area contributed by atoms with Crippen molar-refractivity contribution in [3.63, 3.8) is 0 Å². The number of carbonyl (C=O) groups is 1. The fourth-order valence-electron chi connectivity index (χ4n) is 1.73. The Morgan fingerprint density at radius 3 is 2.95 bits per heavy atom. The maximum atomic E-state index is 11.6. The lowest BCUT2D eigenvalue weighted by atomic mass is 10.1. The van der Waals surface area contributed by atoms with Gasteiger partial charge in [0.2, 0.25) is 5.91 Å². The number of hydrogen-bond acceptors (Lipinski definition) is 3. The summed E-state index contributed by atoms with van der Waals surface area (Å²) in [7, 11) is 0. The Labute approximate surface area is 119 Å². The van der Waals surface area contributed by atoms with Gasteiger partial charge in [0.15, 0.2) is 0 Å². The summed E-state index contributed by atoms with van der Waals surface area (Å²) in [6, 6.07) is 8.35. The highest BCUT2D eigenvalue weighted by Crippen LogP contribution is 2.13. The van der Waals surface area contributed by atoms with Gasteiger partial charge in [0.25, 0.3) is 0 Å². The highest BCUT2D eigenvalue weighted by Gasteiger charge is 2.05. The molecule has 0 aromatic heterocycles. The molecule has 0 aliphatic heterocycles. The Bertz CT molecular complexity index is 395. The van der Waals surface area contributed by atoms with Crippen molar-refractivity contribution in [2.45, 2.75) is 26.0 Å². The zero-order chi connectivity index (χ0) is 14.1. The van der Waals surface area contributed by atoms with Crippen molar-refractivity contribution in [1.29, 1.82) is 0 Å². The maximum Gasteiger partial charge on any atom is 0.230 e. The number of amides is 1. The summed E-state index contributed by atoms with van der Waals surface area (Å²) in [5.41, 5.74) is 2.51. The lowest BCUT2D eigenvalue weighted by Gasteiger charge is -2.11. The minimum Gasteiger partial charge on any atom is -0.396 e. The second-order valence-corrected chi connectivity index (χ2v) is 5.89. The average molecular weight is 281 g/mol. The Balaban J connectivity index is 2.17. The van der Waals surface area contributed by atoms with Gasteiger partial charge in [0, 0.05) is 18.9 Å². The molecule has 4 heteroatoms. The van der Waals surface area contributed by atoms with Gasteiger partial charge in [-0.3, -0.25) is 4.79 Å². The molecule has 0 saturated carbocycles. The van der Waals surface area contributed by atoms with Crippen LogP contribution in [-0.2, 0) is 10.5 Å². The number of nitrogens with one attached hydrogen (secondary N) is 1. The smallest absolute Gasteiger partial charge is 0.230 e. The van der Waals surface area contributed by atoms with Crippen molar-refractivity contribution < 1.29 is 9.90 Å². The van der Waals surface area contributed by atoms with Crippen LogP contribution >= 0.6 is 11.8 Å². The Morgan fingerprint density at radius 2 is 2.26 bits per heavy atom. The standard InChI is InChI=1S/C15H23NO2S/c1-12-4-3-5-14(8-12)10-19-11-15(18)16-9-13(2)6-7-17/h3-5,8,13,17H,6-7,9-11H2,1-2H3,(H,16,18). The van der Waals surface area contributed by atoms with E-state index in [1.165, 1.54) is 11.1 Å². The zero-order valence-electron chi connectivity index (χ0n) is 11.7. The minimum atomic E-state index is 0.0717. The molecule has 0 spiro atoms. The molecule has 1 amide bonds. The Kier molecular flexibility index (Phi) is 7.60. The number of thioether (sulfide) groups is 1. The van der Waals surface area contributed by atoms with E-state index in [0.717, 1.165) is 12.2 Å². The van der Waals surface area contributed by atoms with Crippen LogP contribution in [-0.4, -0.2) is 29.9 Å². The first-order chi connectivity index (χ1) is 9.11. The van der Waals surface area contributed by atoms with Crippen molar-refractivity contribution in [2.24, 2.45) is 5.92 Å². The predicted molar refractivity (Wildman–Crippen MR) is 81.2 cm³/mol. The third-order valence-electron chi connectivity index (χ3n) is 2.85. The molecule has 0 aliphatic rings. The van der Waals surface area contributed by atoms with Crippen LogP contribution in [0.2, 0.25) is 0 Å². The summed E-state index contributed by atoms with van der Waals surface area (Å²) in [6.45, 7) is 4.92. The topological polar surface area (TPSA) is 49.3 Å². The monoisotopic (exact) mass is 281 g/mol. The molecule has 1 rings (SSSR count). The molecule has 1 aromatic carbocycles. The molecule has 2 N–H and O–H groups in total. The molecule has 1 unspecified atom stereocenters. The van der Waals surface area contributed by atoms with E-state index in [0.29, 0.717) is 18.2 Å². The molecule has 0 radical (unpaired) electrons. The molecular formula is C15H23NO2S. The molecule has 0 fully saturated rings. The predicted octanol–water partition coefficient (Wildman–Crippen LogP) is 2.36. The number of benzene rings is 1. The van der Waals surface area contributed by atoms with Crippen molar-refractivity contribution in [1.82, 2.24) is 5.32 Å². The van der Waals surface area contributed by atoms with Crippen LogP contribution in [0.5, 0.6) is 0 Å². The average Bonchev–Trinajstić information content (AvgIpc) is 2.37. The molecular weight excluding hydrogens is 258 g/mol. The normalized spacial score (nSPS) is 12.2. The van der Waals surface area contributed by atoms with Crippen molar-refractivity contribution in [3.05, 3.63) is 35.4 Å². The van der Waals surface area contributed by atoms with E-state index < -0.39 is 0 Å². The van der Waals surface area contributed by atoms with E-state index in [1.807, 2.05) is 13.0 Å². The third-order valence-corrected chi connectivity index (χ3v) is 3.86. The summed E-state index contributed by atoms with van der Waals surface area (Å²) >= 11 is 1.63. The summed E-state index contributed by atoms with van der Waals surface area (Å²) in [6.07, 6.45) is 0.733. The van der Waals surface area contributed by atoms with Crippen molar-refractivity contribution in [3.8, 4) is 0 Å². The SMILES string of the molecule is Cc1cccc(CSCC(=O)NCC(C)CCO)c1. The number of aryl methyl sites for hydroxylation is 1. The quantitative estimate of drug-likeness (QED) is 0.769. The number of aliphatic hydroxyl groups excluding tert-OH is 1. The van der Waals surface area contributed by atoms with Gasteiger partial charge in [0.1, 0.15) is 0 Å². The Morgan fingerprint density at radius 1 is 1.47 bits per heavy atom. The summed E-state index contributed by atoms with van der Waals surface area (Å²) < 4.78 is 0. The van der Waals surface area contributed by atoms with Crippen LogP contribution in [0.25, 0.3) is 0 Å². The van der Waals surface area contributed by atoms with E-state index in [-0.39, 0.29) is 12.5 Å². The van der Waals surface area contributed by atoms with Crippen LogP contribution in [0.15, 0.2) is 24.3 Å². The first kappa shape index (κ1) is 16.1. The van der Waals surface area contributed by atoms with Crippen LogP contribution in [0.3, 0.4) is 0 Å². The summed E-state index contributed by atoms with van der Waals surface area (Å²) in [4.78, 5) is 11.6. The van der Waals surface area contributed by atoms with E-state index in [2.05, 4.69) is 30.4 Å². The highest BCUT2D eigenvalue weighted by molar-refractivity contribution is 7.99. The molecule has 1 atom stereocenters. The summed E-state index contributed by atoms with van der Waals surface area (Å²) in [5, 5.41) is 11.7. The van der Waals surface area contributed by atoms with Gasteiger partial charge in [-0.25, -0.2) is 0 Å². The van der Waals surface area contributed by atoms with Crippen molar-refractivity contribution in [2.75, 3.05) is 18.9 Å². The molecule has 0 heterocycles. The first-order valence-corrected chi connectivity index (χ1v) is 7.78. The first-order valence-electron chi connectivity index (χ1n) is 6.62. The fraction of sp³-hybridized carbons (Fsp3) is 0.533. The molecule has 1 aromatic rings. The lowest BCUT2D eigenvalue weighted by molar-refractivity contribution is -0.118. The van der Waals surface area contributed by atoms with Crippen molar-refractivity contribution >= 4 is 17.7 Å². The Hall–Kier alpha value is -1.00. The second-order valence-electron chi connectivity index (χ2n) is 4.90. The van der Waals surface area contributed by atoms with Gasteiger partial charge in [-0.05, 0) is 24.8 Å². The van der Waals surface area contributed by atoms with E-state index in [1.54, 1.807) is 11.8 Å². The van der Waals surface area contributed by atoms with Crippen LogP contribution in [0, 0.1) is 12.8 Å². The van der Waals surface area contributed by atoms with Crippen LogP contribution in [0.4, 0.5) is 0 Å². The van der Waals surface area contributed by atoms with Gasteiger partial charge in [-0.1, -0.05) is 36.8 Å². The van der Waals surface area contributed by atoms with Gasteiger partial charge < -0.3 is 10.4 Å². The van der Waals surface area contributed by atoms with E-state index in [9.17, 15) is 4.79 Å². The summed E-state index contributed by atoms with van der Waals surface area (Å²) in [5.74, 6) is 1.75. The van der Waals surface area contributed by atoms with Crippen LogP contribution < -0.4 is 5.32 Å². The second kappa shape index (κ2) is 8.99. The molecule has 0 saturated heterocycles. The van der Waals surface area contributed by atoms with E-state index >= 15 is 0 Å². The number of carbonyl (C=O) groups excluding carboxylic acids is 1. The molecule has 0 aliphatic carbocycles. The number of rotatable bonds is 8. The van der Waals surface area contributed by atoms with Crippen LogP contribution in [0.1, 0.15) is 24.5 Å². The van der Waals surface area contributed by atoms with Gasteiger partial charge in [-0.2, -0.15) is 0 Å². The molecule has 106 valence electrons. The minimum absolute atomic E-state index is 0.0717. The van der Waals surface area contributed by atoms with Gasteiger partial charge >= 0.3 is 0 Å². The highest BCUT2D eigenvalue weighted by atomic mass is 32.2. The fourth-order valence-corrected chi connectivity index (χ4v) is 2.53. The number of aliphatic hydroxyl groups is 1. The largest absolute Gasteiger partial charge is 0.396 e. The van der Waals surface area contributed by atoms with E-state index in [4.69, 9.17) is 5.11 Å². The third kappa shape index (κ3) is 7.23. The molecule has 3 nitrogen and oxygen atoms in total. The molecule has 19 heavy (non-hydrogen) atoms. The lowest BCUT2D eigenvalue weighted by Crippen LogP contribution is -2.30. The number of hydrogen-bond donors (Lipinski definition) is 2. The van der Waals surface area contributed by atoms with Gasteiger partial charge in [-0.15, -0.1) is 11.8 Å². The molecule has 0 bridgehead atoms. The zero-order valence-corrected chi connectivity index (χ0v) is 12.5.